The Bertz CT molecular complexity index is 749. The largest absolute Gasteiger partial charge is 0.449 e. The van der Waals surface area contributed by atoms with E-state index in [-0.39, 0.29) is 5.76 Å². The van der Waals surface area contributed by atoms with E-state index >= 15 is 0 Å². The number of fused-ring (bicyclic) bond motifs is 3. The number of aromatic nitrogens is 1. The Morgan fingerprint density at radius 3 is 2.88 bits per heavy atom. The molecule has 0 saturated carbocycles. The molecule has 0 atom stereocenters. The van der Waals surface area contributed by atoms with Crippen LogP contribution in [0.3, 0.4) is 0 Å². The number of rotatable bonds is 1. The standard InChI is InChI=1S/C12H7BN2O2/c13-6-1-2-7-8-4-10(12(14)16)17-11(8)5-15-9(7)3-6/h1-5H,(H2,14,16). The summed E-state index contributed by atoms with van der Waals surface area (Å²) in [4.78, 5) is 15.3. The lowest BCUT2D eigenvalue weighted by atomic mass is 9.94. The topological polar surface area (TPSA) is 69.1 Å². The lowest BCUT2D eigenvalue weighted by Gasteiger charge is -1.99. The van der Waals surface area contributed by atoms with Gasteiger partial charge < -0.3 is 10.2 Å². The summed E-state index contributed by atoms with van der Waals surface area (Å²) in [5.41, 5.74) is 7.11. The Balaban J connectivity index is 2.42. The molecule has 0 unspecified atom stereocenters. The highest BCUT2D eigenvalue weighted by atomic mass is 16.3. The molecule has 17 heavy (non-hydrogen) atoms. The molecule has 0 fully saturated rings. The van der Waals surface area contributed by atoms with Gasteiger partial charge in [0.2, 0.25) is 0 Å². The average molecular weight is 222 g/mol. The van der Waals surface area contributed by atoms with Crippen molar-refractivity contribution in [3.05, 3.63) is 36.2 Å². The average Bonchev–Trinajstić information content (AvgIpc) is 2.72. The predicted molar refractivity (Wildman–Crippen MR) is 65.4 cm³/mol. The van der Waals surface area contributed by atoms with Crippen LogP contribution < -0.4 is 11.2 Å². The molecule has 0 aliphatic heterocycles. The summed E-state index contributed by atoms with van der Waals surface area (Å²) in [6, 6.07) is 7.02. The highest BCUT2D eigenvalue weighted by Crippen LogP contribution is 2.25. The molecule has 1 aromatic carbocycles. The summed E-state index contributed by atoms with van der Waals surface area (Å²) in [7, 11) is 5.68. The van der Waals surface area contributed by atoms with Gasteiger partial charge in [-0.1, -0.05) is 17.6 Å². The molecule has 3 aromatic rings. The van der Waals surface area contributed by atoms with Crippen LogP contribution in [0.5, 0.6) is 0 Å². The third-order valence-corrected chi connectivity index (χ3v) is 2.64. The van der Waals surface area contributed by atoms with Crippen LogP contribution in [0.2, 0.25) is 0 Å². The van der Waals surface area contributed by atoms with Crippen molar-refractivity contribution in [2.75, 3.05) is 0 Å². The van der Waals surface area contributed by atoms with E-state index in [4.69, 9.17) is 18.0 Å². The number of carbonyl (C=O) groups excluding carboxylic acids is 1. The lowest BCUT2D eigenvalue weighted by Crippen LogP contribution is -2.08. The monoisotopic (exact) mass is 222 g/mol. The highest BCUT2D eigenvalue weighted by molar-refractivity contribution is 6.33. The van der Waals surface area contributed by atoms with Crippen molar-refractivity contribution in [2.24, 2.45) is 5.73 Å². The van der Waals surface area contributed by atoms with Crippen LogP contribution in [0.25, 0.3) is 21.9 Å². The fourth-order valence-electron chi connectivity index (χ4n) is 1.84. The molecule has 0 saturated heterocycles. The number of pyridine rings is 1. The van der Waals surface area contributed by atoms with Gasteiger partial charge in [0, 0.05) is 10.8 Å². The second kappa shape index (κ2) is 3.35. The van der Waals surface area contributed by atoms with Gasteiger partial charge in [-0.3, -0.25) is 9.78 Å². The zero-order valence-corrected chi connectivity index (χ0v) is 8.81. The van der Waals surface area contributed by atoms with Gasteiger partial charge in [0.15, 0.2) is 11.3 Å². The number of benzene rings is 1. The van der Waals surface area contributed by atoms with Gasteiger partial charge in [-0.2, -0.15) is 0 Å². The molecule has 2 N–H and O–H groups in total. The highest BCUT2D eigenvalue weighted by Gasteiger charge is 2.11. The first-order chi connectivity index (χ1) is 8.15. The molecule has 2 aromatic heterocycles. The number of hydrogen-bond acceptors (Lipinski definition) is 3. The summed E-state index contributed by atoms with van der Waals surface area (Å²) in [6.45, 7) is 0. The minimum atomic E-state index is -0.593. The number of primary amides is 1. The van der Waals surface area contributed by atoms with E-state index < -0.39 is 5.91 Å². The van der Waals surface area contributed by atoms with Gasteiger partial charge in [-0.15, -0.1) is 0 Å². The van der Waals surface area contributed by atoms with Crippen LogP contribution in [0.4, 0.5) is 0 Å². The van der Waals surface area contributed by atoms with Gasteiger partial charge >= 0.3 is 0 Å². The van der Waals surface area contributed by atoms with Crippen molar-refractivity contribution in [3.8, 4) is 0 Å². The molecule has 2 radical (unpaired) electrons. The summed E-state index contributed by atoms with van der Waals surface area (Å²) < 4.78 is 5.30. The van der Waals surface area contributed by atoms with Crippen molar-refractivity contribution in [1.82, 2.24) is 4.98 Å². The fourth-order valence-corrected chi connectivity index (χ4v) is 1.84. The zero-order chi connectivity index (χ0) is 12.0. The normalized spacial score (nSPS) is 11.1. The number of amides is 1. The SMILES string of the molecule is [B]c1ccc2c(c1)ncc1oc(C(N)=O)cc12. The maximum Gasteiger partial charge on any atom is 0.284 e. The Morgan fingerprint density at radius 1 is 1.29 bits per heavy atom. The Hall–Kier alpha value is -2.30. The van der Waals surface area contributed by atoms with Crippen molar-refractivity contribution < 1.29 is 9.21 Å². The first kappa shape index (κ1) is 9.90. The van der Waals surface area contributed by atoms with Crippen molar-refractivity contribution in [3.63, 3.8) is 0 Å². The van der Waals surface area contributed by atoms with Gasteiger partial charge in [-0.25, -0.2) is 0 Å². The lowest BCUT2D eigenvalue weighted by molar-refractivity contribution is 0.0976. The third kappa shape index (κ3) is 1.47. The first-order valence-corrected chi connectivity index (χ1v) is 5.03. The van der Waals surface area contributed by atoms with E-state index in [1.807, 2.05) is 6.07 Å². The Labute approximate surface area is 97.8 Å². The van der Waals surface area contributed by atoms with E-state index in [2.05, 4.69) is 4.98 Å². The molecule has 5 heteroatoms. The molecule has 3 rings (SSSR count). The molecule has 0 bridgehead atoms. The Kier molecular flexibility index (Phi) is 1.95. The van der Waals surface area contributed by atoms with E-state index in [0.717, 1.165) is 16.3 Å². The predicted octanol–water partition coefficient (Wildman–Crippen LogP) is 0.874. The zero-order valence-electron chi connectivity index (χ0n) is 8.81. The number of furan rings is 1. The number of hydrogen-bond donors (Lipinski definition) is 1. The van der Waals surface area contributed by atoms with Crippen molar-refractivity contribution in [2.45, 2.75) is 0 Å². The van der Waals surface area contributed by atoms with E-state index in [1.54, 1.807) is 24.4 Å². The van der Waals surface area contributed by atoms with Gasteiger partial charge in [0.1, 0.15) is 7.85 Å². The minimum absolute atomic E-state index is 0.131. The second-order valence-electron chi connectivity index (χ2n) is 3.79. The van der Waals surface area contributed by atoms with Crippen LogP contribution in [0.1, 0.15) is 10.6 Å². The van der Waals surface area contributed by atoms with Crippen LogP contribution in [0, 0.1) is 0 Å². The maximum atomic E-state index is 11.0. The van der Waals surface area contributed by atoms with E-state index in [1.165, 1.54) is 0 Å². The van der Waals surface area contributed by atoms with Gasteiger partial charge in [0.05, 0.1) is 11.7 Å². The molecule has 0 aliphatic carbocycles. The number of nitrogens with two attached hydrogens (primary N) is 1. The molecule has 1 amide bonds. The maximum absolute atomic E-state index is 11.0. The minimum Gasteiger partial charge on any atom is -0.449 e. The summed E-state index contributed by atoms with van der Waals surface area (Å²) in [5.74, 6) is -0.462. The third-order valence-electron chi connectivity index (χ3n) is 2.64. The molecular formula is C12H7BN2O2. The van der Waals surface area contributed by atoms with Crippen molar-refractivity contribution >= 4 is 41.1 Å². The molecule has 80 valence electrons. The van der Waals surface area contributed by atoms with Crippen LogP contribution in [0.15, 0.2) is 34.9 Å². The molecule has 0 aliphatic rings. The molecular weight excluding hydrogens is 215 g/mol. The first-order valence-electron chi connectivity index (χ1n) is 5.03. The van der Waals surface area contributed by atoms with Gasteiger partial charge in [-0.05, 0) is 12.1 Å². The molecule has 4 nitrogen and oxygen atoms in total. The van der Waals surface area contributed by atoms with E-state index in [9.17, 15) is 4.79 Å². The van der Waals surface area contributed by atoms with Crippen LogP contribution in [-0.4, -0.2) is 18.7 Å². The van der Waals surface area contributed by atoms with Gasteiger partial charge in [0.25, 0.3) is 5.91 Å². The Morgan fingerprint density at radius 2 is 2.12 bits per heavy atom. The summed E-state index contributed by atoms with van der Waals surface area (Å²) in [5, 5.41) is 1.69. The number of carbonyl (C=O) groups is 1. The quantitative estimate of drug-likeness (QED) is 0.621. The summed E-state index contributed by atoms with van der Waals surface area (Å²) >= 11 is 0. The molecule has 0 spiro atoms. The fraction of sp³-hybridized carbons (Fsp3) is 0. The smallest absolute Gasteiger partial charge is 0.284 e. The summed E-state index contributed by atoms with van der Waals surface area (Å²) in [6.07, 6.45) is 1.56. The number of nitrogens with zero attached hydrogens (tertiary/aromatic N) is 1. The molecule has 2 heterocycles. The van der Waals surface area contributed by atoms with Crippen LogP contribution >= 0.6 is 0 Å². The van der Waals surface area contributed by atoms with Crippen molar-refractivity contribution in [1.29, 1.82) is 0 Å². The second-order valence-corrected chi connectivity index (χ2v) is 3.79. The van der Waals surface area contributed by atoms with E-state index in [0.29, 0.717) is 11.0 Å². The van der Waals surface area contributed by atoms with Crippen LogP contribution in [-0.2, 0) is 0 Å².